The van der Waals surface area contributed by atoms with E-state index in [9.17, 15) is 4.79 Å². The monoisotopic (exact) mass is 364 g/mol. The summed E-state index contributed by atoms with van der Waals surface area (Å²) in [4.78, 5) is 14.0. The number of nitriles is 1. The highest BCUT2D eigenvalue weighted by atomic mass is 79.9. The zero-order valence-electron chi connectivity index (χ0n) is 13.2. The van der Waals surface area contributed by atoms with Crippen LogP contribution in [0.1, 0.15) is 50.7 Å². The van der Waals surface area contributed by atoms with Crippen molar-refractivity contribution in [1.82, 2.24) is 4.90 Å². The summed E-state index contributed by atoms with van der Waals surface area (Å²) in [7, 11) is 0. The largest absolute Gasteiger partial charge is 0.444 e. The van der Waals surface area contributed by atoms with Crippen LogP contribution in [0.15, 0.2) is 22.7 Å². The molecule has 1 aliphatic rings. The van der Waals surface area contributed by atoms with Crippen molar-refractivity contribution in [1.29, 1.82) is 5.26 Å². The molecule has 0 bridgehead atoms. The van der Waals surface area contributed by atoms with Crippen molar-refractivity contribution in [3.63, 3.8) is 0 Å². The van der Waals surface area contributed by atoms with Crippen molar-refractivity contribution < 1.29 is 9.53 Å². The van der Waals surface area contributed by atoms with Gasteiger partial charge in [-0.05, 0) is 57.4 Å². The number of nitrogens with zero attached hydrogens (tertiary/aromatic N) is 2. The highest BCUT2D eigenvalue weighted by Gasteiger charge is 2.28. The van der Waals surface area contributed by atoms with E-state index in [1.165, 1.54) is 0 Å². The van der Waals surface area contributed by atoms with E-state index in [1.54, 1.807) is 11.0 Å². The van der Waals surface area contributed by atoms with Crippen molar-refractivity contribution in [2.75, 3.05) is 13.1 Å². The smallest absolute Gasteiger partial charge is 0.410 e. The molecule has 5 heteroatoms. The summed E-state index contributed by atoms with van der Waals surface area (Å²) in [6, 6.07) is 7.92. The minimum atomic E-state index is -0.478. The molecule has 0 radical (unpaired) electrons. The van der Waals surface area contributed by atoms with Gasteiger partial charge >= 0.3 is 6.09 Å². The molecule has 1 aromatic rings. The Bertz CT molecular complexity index is 602. The van der Waals surface area contributed by atoms with Gasteiger partial charge in [0.2, 0.25) is 0 Å². The van der Waals surface area contributed by atoms with E-state index in [0.29, 0.717) is 12.1 Å². The number of carbonyl (C=O) groups excluding carboxylic acids is 1. The fourth-order valence-electron chi connectivity index (χ4n) is 2.65. The summed E-state index contributed by atoms with van der Waals surface area (Å²) in [6.07, 6.45) is 1.70. The Balaban J connectivity index is 2.12. The zero-order valence-corrected chi connectivity index (χ0v) is 14.8. The average Bonchev–Trinajstić information content (AvgIpc) is 2.45. The molecular formula is C17H21BrN2O2. The van der Waals surface area contributed by atoms with Crippen LogP contribution < -0.4 is 0 Å². The fourth-order valence-corrected chi connectivity index (χ4v) is 3.17. The third kappa shape index (κ3) is 4.48. The first-order valence-electron chi connectivity index (χ1n) is 7.47. The number of ether oxygens (including phenoxy) is 1. The second-order valence-electron chi connectivity index (χ2n) is 6.65. The predicted molar refractivity (Wildman–Crippen MR) is 88.6 cm³/mol. The van der Waals surface area contributed by atoms with E-state index in [0.717, 1.165) is 29.4 Å². The van der Waals surface area contributed by atoms with Crippen LogP contribution in [0.4, 0.5) is 4.79 Å². The Morgan fingerprint density at radius 3 is 2.77 bits per heavy atom. The third-order valence-electron chi connectivity index (χ3n) is 3.59. The molecule has 2 rings (SSSR count). The lowest BCUT2D eigenvalue weighted by atomic mass is 9.90. The van der Waals surface area contributed by atoms with Crippen LogP contribution in [0.3, 0.4) is 0 Å². The van der Waals surface area contributed by atoms with Gasteiger partial charge in [-0.2, -0.15) is 5.26 Å². The number of rotatable bonds is 1. The molecule has 1 amide bonds. The van der Waals surface area contributed by atoms with Gasteiger partial charge in [0.15, 0.2) is 0 Å². The van der Waals surface area contributed by atoms with E-state index < -0.39 is 5.60 Å². The maximum absolute atomic E-state index is 12.2. The van der Waals surface area contributed by atoms with Crippen molar-refractivity contribution in [3.05, 3.63) is 33.8 Å². The Labute approximate surface area is 140 Å². The van der Waals surface area contributed by atoms with E-state index >= 15 is 0 Å². The molecule has 1 heterocycles. The SMILES string of the molecule is CC(C)(C)OC(=O)N1CCCC(c2cc(Br)cc(C#N)c2)C1. The molecule has 0 saturated carbocycles. The molecule has 1 aliphatic heterocycles. The molecule has 1 aromatic carbocycles. The van der Waals surface area contributed by atoms with Crippen molar-refractivity contribution in [2.45, 2.75) is 45.1 Å². The van der Waals surface area contributed by atoms with Crippen LogP contribution in [0.5, 0.6) is 0 Å². The molecule has 4 nitrogen and oxygen atoms in total. The van der Waals surface area contributed by atoms with Gasteiger partial charge in [0, 0.05) is 23.5 Å². The molecule has 118 valence electrons. The topological polar surface area (TPSA) is 53.3 Å². The highest BCUT2D eigenvalue weighted by molar-refractivity contribution is 9.10. The molecule has 0 N–H and O–H groups in total. The number of carbonyl (C=O) groups is 1. The molecular weight excluding hydrogens is 344 g/mol. The number of amides is 1. The summed E-state index contributed by atoms with van der Waals surface area (Å²) in [6.45, 7) is 6.99. The lowest BCUT2D eigenvalue weighted by molar-refractivity contribution is 0.0198. The van der Waals surface area contributed by atoms with Crippen molar-refractivity contribution in [2.24, 2.45) is 0 Å². The number of benzene rings is 1. The summed E-state index contributed by atoms with van der Waals surface area (Å²) in [5.41, 5.74) is 1.26. The normalized spacial score (nSPS) is 18.7. The van der Waals surface area contributed by atoms with Crippen LogP contribution in [0, 0.1) is 11.3 Å². The molecule has 1 saturated heterocycles. The quantitative estimate of drug-likeness (QED) is 0.740. The third-order valence-corrected chi connectivity index (χ3v) is 4.05. The van der Waals surface area contributed by atoms with Gasteiger partial charge in [-0.25, -0.2) is 4.79 Å². The van der Waals surface area contributed by atoms with Gasteiger partial charge in [-0.1, -0.05) is 15.9 Å². The predicted octanol–water partition coefficient (Wildman–Crippen LogP) is 4.44. The second-order valence-corrected chi connectivity index (χ2v) is 7.57. The number of piperidine rings is 1. The number of halogens is 1. The lowest BCUT2D eigenvalue weighted by Crippen LogP contribution is -2.42. The average molecular weight is 365 g/mol. The first-order valence-corrected chi connectivity index (χ1v) is 8.26. The van der Waals surface area contributed by atoms with E-state index in [1.807, 2.05) is 32.9 Å². The molecule has 1 unspecified atom stereocenters. The van der Waals surface area contributed by atoms with Crippen LogP contribution >= 0.6 is 15.9 Å². The maximum atomic E-state index is 12.2. The van der Waals surface area contributed by atoms with Crippen LogP contribution in [0.25, 0.3) is 0 Å². The minimum absolute atomic E-state index is 0.242. The molecule has 1 atom stereocenters. The second kappa shape index (κ2) is 6.70. The van der Waals surface area contributed by atoms with Gasteiger partial charge in [0.1, 0.15) is 5.60 Å². The van der Waals surface area contributed by atoms with E-state index in [4.69, 9.17) is 10.00 Å². The summed E-state index contributed by atoms with van der Waals surface area (Å²) >= 11 is 3.45. The fraction of sp³-hybridized carbons (Fsp3) is 0.529. The first kappa shape index (κ1) is 16.8. The summed E-state index contributed by atoms with van der Waals surface area (Å²) < 4.78 is 6.35. The van der Waals surface area contributed by atoms with Crippen molar-refractivity contribution in [3.8, 4) is 6.07 Å². The van der Waals surface area contributed by atoms with Gasteiger partial charge < -0.3 is 9.64 Å². The highest BCUT2D eigenvalue weighted by Crippen LogP contribution is 2.30. The van der Waals surface area contributed by atoms with Gasteiger partial charge in [0.05, 0.1) is 11.6 Å². The molecule has 0 spiro atoms. The number of likely N-dealkylation sites (tertiary alicyclic amines) is 1. The van der Waals surface area contributed by atoms with Crippen LogP contribution in [-0.2, 0) is 4.74 Å². The Hall–Kier alpha value is -1.54. The Morgan fingerprint density at radius 2 is 2.14 bits per heavy atom. The molecule has 1 fully saturated rings. The Morgan fingerprint density at radius 1 is 1.41 bits per heavy atom. The van der Waals surface area contributed by atoms with Crippen molar-refractivity contribution >= 4 is 22.0 Å². The first-order chi connectivity index (χ1) is 10.3. The summed E-state index contributed by atoms with van der Waals surface area (Å²) in [5.74, 6) is 0.242. The number of hydrogen-bond donors (Lipinski definition) is 0. The minimum Gasteiger partial charge on any atom is -0.444 e. The number of hydrogen-bond acceptors (Lipinski definition) is 3. The van der Waals surface area contributed by atoms with Gasteiger partial charge in [-0.15, -0.1) is 0 Å². The standard InChI is InChI=1S/C17H21BrN2O2/c1-17(2,3)22-16(21)20-6-4-5-13(11-20)14-7-12(10-19)8-15(18)9-14/h7-9,13H,4-6,11H2,1-3H3. The zero-order chi connectivity index (χ0) is 16.3. The van der Waals surface area contributed by atoms with E-state index in [2.05, 4.69) is 22.0 Å². The van der Waals surface area contributed by atoms with E-state index in [-0.39, 0.29) is 12.0 Å². The molecule has 0 aliphatic carbocycles. The van der Waals surface area contributed by atoms with Crippen LogP contribution in [-0.4, -0.2) is 29.7 Å². The lowest BCUT2D eigenvalue weighted by Gasteiger charge is -2.34. The maximum Gasteiger partial charge on any atom is 0.410 e. The van der Waals surface area contributed by atoms with Gasteiger partial charge in [0.25, 0.3) is 0 Å². The van der Waals surface area contributed by atoms with Crippen LogP contribution in [0.2, 0.25) is 0 Å². The molecule has 22 heavy (non-hydrogen) atoms. The summed E-state index contributed by atoms with van der Waals surface area (Å²) in [5, 5.41) is 9.10. The molecule has 0 aromatic heterocycles. The van der Waals surface area contributed by atoms with Gasteiger partial charge in [-0.3, -0.25) is 0 Å². The Kier molecular flexibility index (Phi) is 5.12.